The minimum atomic E-state index is 0.260. The van der Waals surface area contributed by atoms with Crippen molar-refractivity contribution in [3.63, 3.8) is 0 Å². The van der Waals surface area contributed by atoms with E-state index in [-0.39, 0.29) is 6.04 Å². The Morgan fingerprint density at radius 3 is 2.65 bits per heavy atom. The van der Waals surface area contributed by atoms with Gasteiger partial charge < -0.3 is 10.6 Å². The maximum Gasteiger partial charge on any atom is 0.0902 e. The number of aromatic nitrogens is 1. The molecule has 0 amide bonds. The summed E-state index contributed by atoms with van der Waals surface area (Å²) >= 11 is 5.22. The monoisotopic (exact) mass is 292 g/mol. The van der Waals surface area contributed by atoms with Crippen LogP contribution in [0.1, 0.15) is 25.5 Å². The summed E-state index contributed by atoms with van der Waals surface area (Å²) < 4.78 is 0. The van der Waals surface area contributed by atoms with E-state index in [1.54, 1.807) is 0 Å². The average Bonchev–Trinajstić information content (AvgIpc) is 2.45. The highest BCUT2D eigenvalue weighted by Crippen LogP contribution is 2.18. The quantitative estimate of drug-likeness (QED) is 0.841. The number of anilines is 1. The van der Waals surface area contributed by atoms with E-state index in [4.69, 9.17) is 18.0 Å². The number of aryl methyl sites for hydroxylation is 1. The molecule has 1 aromatic rings. The van der Waals surface area contributed by atoms with E-state index in [1.807, 2.05) is 13.1 Å². The van der Waals surface area contributed by atoms with Gasteiger partial charge in [-0.15, -0.1) is 0 Å². The number of pyridine rings is 1. The third-order valence-corrected chi connectivity index (χ3v) is 4.16. The van der Waals surface area contributed by atoms with Gasteiger partial charge in [-0.25, -0.2) is 0 Å². The standard InChI is InChI=1S/C15H24N4S/c1-3-4-14(15(16)20)19-9-7-18(8-10-19)13-5-6-17-12(2)11-13/h5-6,11,14H,3-4,7-10H2,1-2H3,(H2,16,20). The third-order valence-electron chi connectivity index (χ3n) is 3.89. The molecule has 1 aromatic heterocycles. The van der Waals surface area contributed by atoms with Crippen LogP contribution in [0.15, 0.2) is 18.3 Å². The zero-order valence-electron chi connectivity index (χ0n) is 12.4. The molecular weight excluding hydrogens is 268 g/mol. The number of hydrogen-bond acceptors (Lipinski definition) is 4. The lowest BCUT2D eigenvalue weighted by atomic mass is 10.1. The van der Waals surface area contributed by atoms with Gasteiger partial charge >= 0.3 is 0 Å². The first-order chi connectivity index (χ1) is 9.61. The largest absolute Gasteiger partial charge is 0.392 e. The fraction of sp³-hybridized carbons (Fsp3) is 0.600. The van der Waals surface area contributed by atoms with E-state index >= 15 is 0 Å². The minimum Gasteiger partial charge on any atom is -0.392 e. The van der Waals surface area contributed by atoms with Crippen molar-refractivity contribution in [2.75, 3.05) is 31.1 Å². The number of nitrogens with two attached hydrogens (primary N) is 1. The predicted molar refractivity (Wildman–Crippen MR) is 88.2 cm³/mol. The van der Waals surface area contributed by atoms with E-state index in [9.17, 15) is 0 Å². The molecule has 5 heteroatoms. The molecule has 0 aliphatic carbocycles. The fourth-order valence-electron chi connectivity index (χ4n) is 2.80. The number of nitrogens with zero attached hydrogens (tertiary/aromatic N) is 3. The van der Waals surface area contributed by atoms with Crippen molar-refractivity contribution in [2.24, 2.45) is 5.73 Å². The van der Waals surface area contributed by atoms with Gasteiger partial charge in [0.2, 0.25) is 0 Å². The lowest BCUT2D eigenvalue weighted by Gasteiger charge is -2.40. The Balaban J connectivity index is 1.96. The normalized spacial score (nSPS) is 18.0. The summed E-state index contributed by atoms with van der Waals surface area (Å²) in [6, 6.07) is 4.49. The molecule has 20 heavy (non-hydrogen) atoms. The molecule has 1 fully saturated rings. The van der Waals surface area contributed by atoms with E-state index in [0.717, 1.165) is 44.7 Å². The molecule has 2 N–H and O–H groups in total. The van der Waals surface area contributed by atoms with Crippen molar-refractivity contribution in [2.45, 2.75) is 32.7 Å². The van der Waals surface area contributed by atoms with E-state index in [2.05, 4.69) is 33.8 Å². The smallest absolute Gasteiger partial charge is 0.0902 e. The zero-order chi connectivity index (χ0) is 14.5. The van der Waals surface area contributed by atoms with Crippen molar-refractivity contribution in [3.05, 3.63) is 24.0 Å². The molecule has 1 unspecified atom stereocenters. The molecule has 0 bridgehead atoms. The highest BCUT2D eigenvalue weighted by atomic mass is 32.1. The first kappa shape index (κ1) is 15.2. The molecule has 2 rings (SSSR count). The van der Waals surface area contributed by atoms with Crippen LogP contribution in [0.5, 0.6) is 0 Å². The van der Waals surface area contributed by atoms with Gasteiger partial charge in [0, 0.05) is 43.8 Å². The SMILES string of the molecule is CCCC(C(N)=S)N1CCN(c2ccnc(C)c2)CC1. The van der Waals surface area contributed by atoms with Crippen LogP contribution in [0.25, 0.3) is 0 Å². The number of rotatable bonds is 5. The predicted octanol–water partition coefficient (Wildman–Crippen LogP) is 1.97. The summed E-state index contributed by atoms with van der Waals surface area (Å²) in [5.41, 5.74) is 8.22. The number of piperazine rings is 1. The van der Waals surface area contributed by atoms with Crippen LogP contribution in [0.3, 0.4) is 0 Å². The second-order valence-electron chi connectivity index (χ2n) is 5.39. The molecule has 1 aliphatic rings. The van der Waals surface area contributed by atoms with Crippen LogP contribution < -0.4 is 10.6 Å². The molecule has 0 spiro atoms. The van der Waals surface area contributed by atoms with Gasteiger partial charge in [-0.3, -0.25) is 9.88 Å². The molecule has 1 atom stereocenters. The molecular formula is C15H24N4S. The van der Waals surface area contributed by atoms with Crippen molar-refractivity contribution < 1.29 is 0 Å². The topological polar surface area (TPSA) is 45.4 Å². The van der Waals surface area contributed by atoms with Crippen LogP contribution in [0, 0.1) is 6.92 Å². The summed E-state index contributed by atoms with van der Waals surface area (Å²) in [5.74, 6) is 0. The molecule has 2 heterocycles. The Labute approximate surface area is 127 Å². The maximum absolute atomic E-state index is 5.89. The van der Waals surface area contributed by atoms with Crippen LogP contribution >= 0.6 is 12.2 Å². The Bertz CT molecular complexity index is 455. The van der Waals surface area contributed by atoms with Gasteiger partial charge in [0.1, 0.15) is 0 Å². The first-order valence-electron chi connectivity index (χ1n) is 7.32. The number of hydrogen-bond donors (Lipinski definition) is 1. The molecule has 1 saturated heterocycles. The van der Waals surface area contributed by atoms with Crippen molar-refractivity contribution >= 4 is 22.9 Å². The summed E-state index contributed by atoms with van der Waals surface area (Å²) in [7, 11) is 0. The second kappa shape index (κ2) is 6.99. The van der Waals surface area contributed by atoms with Gasteiger partial charge in [-0.05, 0) is 25.5 Å². The summed E-state index contributed by atoms with van der Waals surface area (Å²) in [5, 5.41) is 0. The third kappa shape index (κ3) is 3.67. The number of thiocarbonyl (C=S) groups is 1. The highest BCUT2D eigenvalue weighted by molar-refractivity contribution is 7.80. The highest BCUT2D eigenvalue weighted by Gasteiger charge is 2.25. The van der Waals surface area contributed by atoms with Crippen molar-refractivity contribution in [3.8, 4) is 0 Å². The van der Waals surface area contributed by atoms with E-state index in [1.165, 1.54) is 5.69 Å². The summed E-state index contributed by atoms with van der Waals surface area (Å²) in [4.78, 5) is 9.73. The maximum atomic E-state index is 5.89. The summed E-state index contributed by atoms with van der Waals surface area (Å²) in [6.07, 6.45) is 4.06. The van der Waals surface area contributed by atoms with Crippen molar-refractivity contribution in [1.29, 1.82) is 0 Å². The van der Waals surface area contributed by atoms with Crippen LogP contribution in [-0.2, 0) is 0 Å². The lowest BCUT2D eigenvalue weighted by molar-refractivity contribution is 0.219. The minimum absolute atomic E-state index is 0.260. The van der Waals surface area contributed by atoms with Crippen LogP contribution in [0.4, 0.5) is 5.69 Å². The molecule has 1 aliphatic heterocycles. The van der Waals surface area contributed by atoms with E-state index < -0.39 is 0 Å². The fourth-order valence-corrected chi connectivity index (χ4v) is 3.06. The molecule has 0 saturated carbocycles. The Hall–Kier alpha value is -1.20. The molecule has 0 aromatic carbocycles. The second-order valence-corrected chi connectivity index (χ2v) is 5.86. The lowest BCUT2D eigenvalue weighted by Crippen LogP contribution is -2.53. The van der Waals surface area contributed by atoms with Gasteiger partial charge in [-0.1, -0.05) is 25.6 Å². The van der Waals surface area contributed by atoms with Crippen LogP contribution in [-0.4, -0.2) is 47.1 Å². The Morgan fingerprint density at radius 2 is 2.10 bits per heavy atom. The van der Waals surface area contributed by atoms with Gasteiger partial charge in [0.15, 0.2) is 0 Å². The average molecular weight is 292 g/mol. The van der Waals surface area contributed by atoms with Gasteiger partial charge in [0.05, 0.1) is 11.0 Å². The van der Waals surface area contributed by atoms with Gasteiger partial charge in [-0.2, -0.15) is 0 Å². The van der Waals surface area contributed by atoms with E-state index in [0.29, 0.717) is 4.99 Å². The van der Waals surface area contributed by atoms with Gasteiger partial charge in [0.25, 0.3) is 0 Å². The van der Waals surface area contributed by atoms with Crippen molar-refractivity contribution in [1.82, 2.24) is 9.88 Å². The Kier molecular flexibility index (Phi) is 5.31. The van der Waals surface area contributed by atoms with Crippen LogP contribution in [0.2, 0.25) is 0 Å². The summed E-state index contributed by atoms with van der Waals surface area (Å²) in [6.45, 7) is 8.29. The molecule has 0 radical (unpaired) electrons. The Morgan fingerprint density at radius 1 is 1.40 bits per heavy atom. The first-order valence-corrected chi connectivity index (χ1v) is 7.73. The zero-order valence-corrected chi connectivity index (χ0v) is 13.2. The molecule has 4 nitrogen and oxygen atoms in total. The molecule has 110 valence electrons.